The third kappa shape index (κ3) is 4.71. The molecule has 3 aromatic rings. The normalized spacial score (nSPS) is 10.1. The molecule has 0 spiro atoms. The van der Waals surface area contributed by atoms with Crippen LogP contribution < -0.4 is 10.1 Å². The fraction of sp³-hybridized carbons (Fsp3) is 0.0909. The smallest absolute Gasteiger partial charge is 0.256 e. The predicted octanol–water partition coefficient (Wildman–Crippen LogP) is 4.84. The molecule has 134 valence electrons. The minimum atomic E-state index is -0.456. The van der Waals surface area contributed by atoms with E-state index in [9.17, 15) is 9.18 Å². The Balaban J connectivity index is 1.69. The lowest BCUT2D eigenvalue weighted by molar-refractivity contribution is 0.102. The van der Waals surface area contributed by atoms with Gasteiger partial charge in [0.15, 0.2) is 0 Å². The molecule has 0 aliphatic carbocycles. The second-order valence-electron chi connectivity index (χ2n) is 6.04. The second kappa shape index (κ2) is 8.15. The molecular weight excluding hydrogens is 343 g/mol. The van der Waals surface area contributed by atoms with E-state index in [1.807, 2.05) is 6.07 Å². The van der Waals surface area contributed by atoms with Gasteiger partial charge in [-0.15, -0.1) is 0 Å². The van der Waals surface area contributed by atoms with Crippen molar-refractivity contribution in [3.63, 3.8) is 0 Å². The molecule has 5 heteroatoms. The monoisotopic (exact) mass is 360 g/mol. The van der Waals surface area contributed by atoms with Crippen LogP contribution in [0.25, 0.3) is 0 Å². The first-order chi connectivity index (χ1) is 13.0. The summed E-state index contributed by atoms with van der Waals surface area (Å²) in [5.74, 6) is -0.264. The van der Waals surface area contributed by atoms with Gasteiger partial charge in [-0.25, -0.2) is 4.39 Å². The first kappa shape index (κ1) is 18.2. The fourth-order valence-electron chi connectivity index (χ4n) is 2.60. The van der Waals surface area contributed by atoms with Gasteiger partial charge >= 0.3 is 0 Å². The van der Waals surface area contributed by atoms with Crippen molar-refractivity contribution in [1.29, 1.82) is 5.26 Å². The lowest BCUT2D eigenvalue weighted by Crippen LogP contribution is -2.13. The van der Waals surface area contributed by atoms with Crippen LogP contribution in [0.2, 0.25) is 0 Å². The molecule has 0 fully saturated rings. The molecule has 1 amide bonds. The van der Waals surface area contributed by atoms with Crippen LogP contribution in [0.15, 0.2) is 66.7 Å². The number of hydrogen-bond acceptors (Lipinski definition) is 3. The Bertz CT molecular complexity index is 1020. The summed E-state index contributed by atoms with van der Waals surface area (Å²) in [5.41, 5.74) is 2.97. The lowest BCUT2D eigenvalue weighted by Gasteiger charge is -2.11. The summed E-state index contributed by atoms with van der Waals surface area (Å²) >= 11 is 0. The zero-order valence-electron chi connectivity index (χ0n) is 14.7. The maximum Gasteiger partial charge on any atom is 0.256 e. The molecule has 0 aliphatic heterocycles. The summed E-state index contributed by atoms with van der Waals surface area (Å²) in [6.45, 7) is 2.05. The van der Waals surface area contributed by atoms with E-state index in [1.54, 1.807) is 55.5 Å². The lowest BCUT2D eigenvalue weighted by atomic mass is 10.1. The van der Waals surface area contributed by atoms with Crippen molar-refractivity contribution in [2.75, 3.05) is 5.32 Å². The molecule has 3 aromatic carbocycles. The van der Waals surface area contributed by atoms with Crippen molar-refractivity contribution in [2.24, 2.45) is 0 Å². The standard InChI is InChI=1S/C22H17FN2O2/c1-15-8-9-18(23)11-21(15)22(26)25-19-6-3-7-20(12-19)27-14-17-5-2-4-16(10-17)13-24/h2-12H,14H2,1H3,(H,25,26). The number of hydrogen-bond donors (Lipinski definition) is 1. The molecule has 0 unspecified atom stereocenters. The van der Waals surface area contributed by atoms with Crippen LogP contribution in [-0.4, -0.2) is 5.91 Å². The topological polar surface area (TPSA) is 62.1 Å². The average molecular weight is 360 g/mol. The maximum atomic E-state index is 13.4. The van der Waals surface area contributed by atoms with E-state index in [0.29, 0.717) is 29.2 Å². The summed E-state index contributed by atoms with van der Waals surface area (Å²) < 4.78 is 19.1. The first-order valence-electron chi connectivity index (χ1n) is 8.34. The van der Waals surface area contributed by atoms with Gasteiger partial charge in [0.25, 0.3) is 5.91 Å². The van der Waals surface area contributed by atoms with Gasteiger partial charge in [0, 0.05) is 17.3 Å². The van der Waals surface area contributed by atoms with Gasteiger partial charge in [-0.3, -0.25) is 4.79 Å². The molecule has 0 radical (unpaired) electrons. The molecule has 3 rings (SSSR count). The molecule has 0 bridgehead atoms. The van der Waals surface area contributed by atoms with E-state index < -0.39 is 5.82 Å². The van der Waals surface area contributed by atoms with Crippen molar-refractivity contribution < 1.29 is 13.9 Å². The number of nitrogens with one attached hydrogen (secondary N) is 1. The van der Waals surface area contributed by atoms with Crippen molar-refractivity contribution >= 4 is 11.6 Å². The summed E-state index contributed by atoms with van der Waals surface area (Å²) in [6.07, 6.45) is 0. The third-order valence-electron chi connectivity index (χ3n) is 4.00. The Morgan fingerprint density at radius 1 is 1.11 bits per heavy atom. The Hall–Kier alpha value is -3.65. The van der Waals surface area contributed by atoms with Crippen LogP contribution in [-0.2, 0) is 6.61 Å². The van der Waals surface area contributed by atoms with E-state index >= 15 is 0 Å². The van der Waals surface area contributed by atoms with Crippen LogP contribution >= 0.6 is 0 Å². The van der Waals surface area contributed by atoms with Gasteiger partial charge in [-0.05, 0) is 54.4 Å². The van der Waals surface area contributed by atoms with E-state index in [1.165, 1.54) is 12.1 Å². The Kier molecular flexibility index (Phi) is 5.48. The highest BCUT2D eigenvalue weighted by Gasteiger charge is 2.11. The highest BCUT2D eigenvalue weighted by molar-refractivity contribution is 6.05. The quantitative estimate of drug-likeness (QED) is 0.708. The number of carbonyl (C=O) groups excluding carboxylic acids is 1. The van der Waals surface area contributed by atoms with Crippen LogP contribution in [0.5, 0.6) is 5.75 Å². The van der Waals surface area contributed by atoms with Gasteiger partial charge in [0.2, 0.25) is 0 Å². The summed E-state index contributed by atoms with van der Waals surface area (Å²) in [5, 5.41) is 11.7. The predicted molar refractivity (Wildman–Crippen MR) is 101 cm³/mol. The number of ether oxygens (including phenoxy) is 1. The number of nitriles is 1. The van der Waals surface area contributed by atoms with Crippen LogP contribution in [0.4, 0.5) is 10.1 Å². The Morgan fingerprint density at radius 3 is 2.74 bits per heavy atom. The Labute approximate surface area is 156 Å². The summed E-state index contributed by atoms with van der Waals surface area (Å²) in [7, 11) is 0. The molecule has 0 aliphatic rings. The zero-order valence-corrected chi connectivity index (χ0v) is 14.7. The highest BCUT2D eigenvalue weighted by atomic mass is 19.1. The second-order valence-corrected chi connectivity index (χ2v) is 6.04. The van der Waals surface area contributed by atoms with Crippen molar-refractivity contribution in [3.05, 3.63) is 94.8 Å². The van der Waals surface area contributed by atoms with E-state index in [2.05, 4.69) is 11.4 Å². The number of aryl methyl sites for hydroxylation is 1. The number of amides is 1. The molecule has 0 heterocycles. The van der Waals surface area contributed by atoms with Crippen LogP contribution in [0.3, 0.4) is 0 Å². The number of anilines is 1. The number of carbonyl (C=O) groups is 1. The third-order valence-corrected chi connectivity index (χ3v) is 4.00. The molecule has 0 saturated heterocycles. The molecule has 0 aromatic heterocycles. The summed E-state index contributed by atoms with van der Waals surface area (Å²) in [6, 6.07) is 20.3. The molecule has 0 saturated carbocycles. The van der Waals surface area contributed by atoms with Crippen molar-refractivity contribution in [3.8, 4) is 11.8 Å². The number of halogens is 1. The average Bonchev–Trinajstić information content (AvgIpc) is 2.68. The zero-order chi connectivity index (χ0) is 19.2. The molecule has 27 heavy (non-hydrogen) atoms. The van der Waals surface area contributed by atoms with E-state index in [-0.39, 0.29) is 11.5 Å². The van der Waals surface area contributed by atoms with Gasteiger partial charge in [0.1, 0.15) is 18.2 Å². The van der Waals surface area contributed by atoms with E-state index in [4.69, 9.17) is 10.00 Å². The first-order valence-corrected chi connectivity index (χ1v) is 8.34. The van der Waals surface area contributed by atoms with Crippen molar-refractivity contribution in [1.82, 2.24) is 0 Å². The van der Waals surface area contributed by atoms with Gasteiger partial charge < -0.3 is 10.1 Å². The SMILES string of the molecule is Cc1ccc(F)cc1C(=O)Nc1cccc(OCc2cccc(C#N)c2)c1. The van der Waals surface area contributed by atoms with Gasteiger partial charge in [-0.1, -0.05) is 24.3 Å². The number of nitrogens with zero attached hydrogens (tertiary/aromatic N) is 1. The minimum absolute atomic E-state index is 0.287. The maximum absolute atomic E-state index is 13.4. The van der Waals surface area contributed by atoms with Crippen molar-refractivity contribution in [2.45, 2.75) is 13.5 Å². The Morgan fingerprint density at radius 2 is 1.93 bits per heavy atom. The molecule has 1 N–H and O–H groups in total. The van der Waals surface area contributed by atoms with Gasteiger partial charge in [0.05, 0.1) is 11.6 Å². The molecule has 0 atom stereocenters. The number of rotatable bonds is 5. The number of benzene rings is 3. The highest BCUT2D eigenvalue weighted by Crippen LogP contribution is 2.20. The minimum Gasteiger partial charge on any atom is -0.489 e. The molecular formula is C22H17FN2O2. The summed E-state index contributed by atoms with van der Waals surface area (Å²) in [4.78, 5) is 12.4. The molecule has 4 nitrogen and oxygen atoms in total. The van der Waals surface area contributed by atoms with Crippen LogP contribution in [0, 0.1) is 24.1 Å². The fourth-order valence-corrected chi connectivity index (χ4v) is 2.60. The largest absolute Gasteiger partial charge is 0.489 e. The van der Waals surface area contributed by atoms with E-state index in [0.717, 1.165) is 5.56 Å². The van der Waals surface area contributed by atoms with Crippen LogP contribution in [0.1, 0.15) is 27.0 Å². The van der Waals surface area contributed by atoms with Gasteiger partial charge in [-0.2, -0.15) is 5.26 Å².